The lowest BCUT2D eigenvalue weighted by molar-refractivity contribution is 0.332. The van der Waals surface area contributed by atoms with E-state index < -0.39 is 0 Å². The van der Waals surface area contributed by atoms with Crippen molar-refractivity contribution in [3.8, 4) is 0 Å². The average Bonchev–Trinajstić information content (AvgIpc) is 3.66. The van der Waals surface area contributed by atoms with E-state index in [1.165, 1.54) is 109 Å². The highest BCUT2D eigenvalue weighted by Crippen LogP contribution is 2.54. The van der Waals surface area contributed by atoms with E-state index in [-0.39, 0.29) is 51.3 Å². The molecule has 0 saturated heterocycles. The van der Waals surface area contributed by atoms with Crippen LogP contribution in [0.25, 0.3) is 11.0 Å². The predicted molar refractivity (Wildman–Crippen MR) is 298 cm³/mol. The molecule has 0 bridgehead atoms. The Hall–Kier alpha value is -4.70. The Morgan fingerprint density at radius 1 is 0.725 bits per heavy atom. The van der Waals surface area contributed by atoms with Crippen LogP contribution < -0.4 is 21.3 Å². The van der Waals surface area contributed by atoms with Crippen LogP contribution in [-0.2, 0) is 21.7 Å². The largest absolute Gasteiger partial charge is 0.468 e. The Balaban J connectivity index is 1.29. The van der Waals surface area contributed by atoms with Crippen molar-refractivity contribution in [3.63, 3.8) is 0 Å². The van der Waals surface area contributed by atoms with Crippen molar-refractivity contribution in [2.75, 3.05) is 4.90 Å². The second-order valence-corrected chi connectivity index (χ2v) is 27.2. The van der Waals surface area contributed by atoms with Crippen molar-refractivity contribution >= 4 is 40.2 Å². The summed E-state index contributed by atoms with van der Waals surface area (Å²) in [5.74, 6) is 0.446. The van der Waals surface area contributed by atoms with Crippen molar-refractivity contribution in [2.45, 2.75) is 202 Å². The molecular formula is C65H83BN2O. The second kappa shape index (κ2) is 16.4. The Kier molecular flexibility index (Phi) is 11.4. The molecule has 1 aromatic heterocycles. The summed E-state index contributed by atoms with van der Waals surface area (Å²) in [5, 5.41) is 5.70. The van der Waals surface area contributed by atoms with Gasteiger partial charge in [-0.25, -0.2) is 0 Å². The van der Waals surface area contributed by atoms with Gasteiger partial charge in [-0.05, 0) is 170 Å². The second-order valence-electron chi connectivity index (χ2n) is 27.2. The third kappa shape index (κ3) is 8.30. The third-order valence-electron chi connectivity index (χ3n) is 18.0. The van der Waals surface area contributed by atoms with Crippen molar-refractivity contribution in [3.05, 3.63) is 152 Å². The van der Waals surface area contributed by atoms with Crippen LogP contribution >= 0.6 is 0 Å². The lowest BCUT2D eigenvalue weighted by Gasteiger charge is -2.48. The molecule has 362 valence electrons. The fraction of sp³-hybridized carbons (Fsp3) is 0.508. The van der Waals surface area contributed by atoms with Gasteiger partial charge in [-0.2, -0.15) is 0 Å². The molecule has 0 spiro atoms. The fourth-order valence-electron chi connectivity index (χ4n) is 13.1. The Bertz CT molecular complexity index is 2920. The normalized spacial score (nSPS) is 23.7. The van der Waals surface area contributed by atoms with Gasteiger partial charge in [0.25, 0.3) is 6.71 Å². The number of anilines is 2. The van der Waals surface area contributed by atoms with E-state index in [0.717, 1.165) is 36.9 Å². The molecule has 69 heavy (non-hydrogen) atoms. The number of fused-ring (bicyclic) bond motifs is 6. The summed E-state index contributed by atoms with van der Waals surface area (Å²) >= 11 is 0. The number of nitrogens with one attached hydrogen (secondary N) is 1. The van der Waals surface area contributed by atoms with Crippen molar-refractivity contribution < 1.29 is 4.42 Å². The number of furan rings is 1. The Morgan fingerprint density at radius 2 is 1.35 bits per heavy atom. The van der Waals surface area contributed by atoms with Crippen molar-refractivity contribution in [2.24, 2.45) is 10.8 Å². The van der Waals surface area contributed by atoms with Gasteiger partial charge < -0.3 is 14.6 Å². The minimum Gasteiger partial charge on any atom is -0.468 e. The minimum atomic E-state index is -0.0882. The first-order chi connectivity index (χ1) is 32.2. The first kappa shape index (κ1) is 48.0. The van der Waals surface area contributed by atoms with Crippen LogP contribution in [0.3, 0.4) is 0 Å². The van der Waals surface area contributed by atoms with Crippen LogP contribution in [-0.4, -0.2) is 18.8 Å². The van der Waals surface area contributed by atoms with Gasteiger partial charge in [0.2, 0.25) is 0 Å². The molecule has 4 heteroatoms. The predicted octanol–water partition coefficient (Wildman–Crippen LogP) is 16.1. The van der Waals surface area contributed by atoms with Crippen LogP contribution in [0.5, 0.6) is 0 Å². The molecule has 0 fully saturated rings. The number of nitrogens with zero attached hydrogens (tertiary/aromatic N) is 1. The van der Waals surface area contributed by atoms with Crippen LogP contribution in [0.2, 0.25) is 0 Å². The molecule has 1 aliphatic heterocycles. The third-order valence-corrected chi connectivity index (χ3v) is 18.0. The number of hydrogen-bond donors (Lipinski definition) is 1. The molecule has 2 unspecified atom stereocenters. The molecule has 1 N–H and O–H groups in total. The zero-order chi connectivity index (χ0) is 49.4. The molecule has 2 atom stereocenters. The minimum absolute atomic E-state index is 0.0431. The van der Waals surface area contributed by atoms with E-state index in [4.69, 9.17) is 4.42 Å². The number of hydrogen-bond acceptors (Lipinski definition) is 3. The molecule has 10 rings (SSSR count). The summed E-state index contributed by atoms with van der Waals surface area (Å²) in [7, 11) is 0. The highest BCUT2D eigenvalue weighted by atomic mass is 16.3. The molecule has 0 amide bonds. The topological polar surface area (TPSA) is 28.4 Å². The lowest BCUT2D eigenvalue weighted by Crippen LogP contribution is -2.58. The Labute approximate surface area is 417 Å². The lowest BCUT2D eigenvalue weighted by atomic mass is 9.34. The summed E-state index contributed by atoms with van der Waals surface area (Å²) in [6, 6.07) is 22.5. The number of rotatable bonds is 6. The van der Waals surface area contributed by atoms with Gasteiger partial charge >= 0.3 is 0 Å². The van der Waals surface area contributed by atoms with Crippen molar-refractivity contribution in [1.29, 1.82) is 0 Å². The molecule has 6 aliphatic rings. The smallest absolute Gasteiger partial charge is 0.290 e. The zero-order valence-electron chi connectivity index (χ0n) is 45.5. The maximum Gasteiger partial charge on any atom is 0.290 e. The van der Waals surface area contributed by atoms with Gasteiger partial charge in [0.1, 0.15) is 5.58 Å². The highest BCUT2D eigenvalue weighted by molar-refractivity contribution is 6.92. The molecule has 5 aliphatic carbocycles. The van der Waals surface area contributed by atoms with Gasteiger partial charge in [-0.1, -0.05) is 183 Å². The fourth-order valence-corrected chi connectivity index (χ4v) is 13.1. The van der Waals surface area contributed by atoms with Crippen molar-refractivity contribution in [1.82, 2.24) is 5.32 Å². The summed E-state index contributed by atoms with van der Waals surface area (Å²) < 4.78 is 7.69. The molecule has 0 radical (unpaired) electrons. The summed E-state index contributed by atoms with van der Waals surface area (Å²) in [5.41, 5.74) is 22.1. The van der Waals surface area contributed by atoms with Gasteiger partial charge in [-0.3, -0.25) is 0 Å². The standard InChI is InChI=1S/C65H83BN2O/c1-40(2)41-22-25-45(26-23-41)66-57-54(67-53-29-24-43(60(3,4)5)34-47(53)42-20-18-17-19-21-42)35-44(61(6,7)8)36-55(57)68(46-27-28-49-50(37-46)63(11,12)31-30-62(49,9)10)58-48-38-51-52(39-56(48)69-59(58)66)65(15,16)33-32-64(51,13)14/h17-18,20,22-28,34-35,37-40,53,55,67H,19,21,29-33,36H2,1-16H3. The number of benzene rings is 3. The SMILES string of the molecule is CC(C)c1ccc(B2C3=C(NC4CC=C(C(C)(C)C)C=C4C4=CC=CCC4)C=C(C(C)(C)C)CC3N(c3ccc4c(c3)C(C)(C)CCC4(C)C)c3c2oc2cc4c(cc32)C(C)(C)CCC4(C)C)cc1. The van der Waals surface area contributed by atoms with E-state index in [1.54, 1.807) is 0 Å². The van der Waals surface area contributed by atoms with E-state index >= 15 is 0 Å². The summed E-state index contributed by atoms with van der Waals surface area (Å²) in [6.07, 6.45) is 23.4. The Morgan fingerprint density at radius 3 is 1.94 bits per heavy atom. The first-order valence-corrected chi connectivity index (χ1v) is 26.9. The highest BCUT2D eigenvalue weighted by Gasteiger charge is 2.50. The van der Waals surface area contributed by atoms with Crippen LogP contribution in [0.1, 0.15) is 196 Å². The van der Waals surface area contributed by atoms with Crippen LogP contribution in [0.4, 0.5) is 11.4 Å². The average molecular weight is 919 g/mol. The monoisotopic (exact) mass is 919 g/mol. The van der Waals surface area contributed by atoms with E-state index in [2.05, 4.69) is 212 Å². The quantitative estimate of drug-likeness (QED) is 0.195. The molecule has 0 saturated carbocycles. The van der Waals surface area contributed by atoms with Gasteiger partial charge in [0.15, 0.2) is 0 Å². The van der Waals surface area contributed by atoms with Gasteiger partial charge in [0.05, 0.1) is 23.4 Å². The molecule has 2 heterocycles. The van der Waals surface area contributed by atoms with Crippen LogP contribution in [0, 0.1) is 10.8 Å². The maximum atomic E-state index is 7.69. The van der Waals surface area contributed by atoms with E-state index in [0.29, 0.717) is 5.92 Å². The molecule has 4 aromatic rings. The zero-order valence-corrected chi connectivity index (χ0v) is 45.5. The summed E-state index contributed by atoms with van der Waals surface area (Å²) in [4.78, 5) is 2.80. The molecule has 3 aromatic carbocycles. The first-order valence-electron chi connectivity index (χ1n) is 26.9. The van der Waals surface area contributed by atoms with Gasteiger partial charge in [0, 0.05) is 16.8 Å². The number of allylic oxidation sites excluding steroid dienone is 6. The van der Waals surface area contributed by atoms with Gasteiger partial charge in [-0.15, -0.1) is 0 Å². The molecular weight excluding hydrogens is 836 g/mol. The van der Waals surface area contributed by atoms with E-state index in [9.17, 15) is 0 Å². The van der Waals surface area contributed by atoms with Crippen LogP contribution in [0.15, 0.2) is 129 Å². The summed E-state index contributed by atoms with van der Waals surface area (Å²) in [6.45, 7) is 38.6. The molecule has 3 nitrogen and oxygen atoms in total. The van der Waals surface area contributed by atoms with E-state index in [1.807, 2.05) is 0 Å². The maximum absolute atomic E-state index is 7.69.